The number of aryl methyl sites for hydroxylation is 1. The topological polar surface area (TPSA) is 56.5 Å². The van der Waals surface area contributed by atoms with Gasteiger partial charge in [-0.25, -0.2) is 14.6 Å². The molecule has 4 rings (SSSR count). The fourth-order valence-electron chi connectivity index (χ4n) is 2.33. The average Bonchev–Trinajstić information content (AvgIpc) is 3.25. The van der Waals surface area contributed by atoms with E-state index in [9.17, 15) is 0 Å². The molecule has 0 radical (unpaired) electrons. The minimum Gasteiger partial charge on any atom is -0.264 e. The Hall–Kier alpha value is -2.86. The molecule has 0 amide bonds. The van der Waals surface area contributed by atoms with E-state index in [1.165, 1.54) is 0 Å². The van der Waals surface area contributed by atoms with Crippen LogP contribution in [-0.4, -0.2) is 24.7 Å². The van der Waals surface area contributed by atoms with E-state index < -0.39 is 0 Å². The third kappa shape index (κ3) is 2.64. The monoisotopic (exact) mass is 319 g/mol. The molecular formula is C17H13N5S. The van der Waals surface area contributed by atoms with Crippen LogP contribution in [0.1, 0.15) is 5.69 Å². The summed E-state index contributed by atoms with van der Waals surface area (Å²) >= 11 is 1.63. The molecule has 23 heavy (non-hydrogen) atoms. The van der Waals surface area contributed by atoms with Gasteiger partial charge in [0.15, 0.2) is 5.82 Å². The number of nitrogens with zero attached hydrogens (tertiary/aromatic N) is 5. The molecule has 0 unspecified atom stereocenters. The van der Waals surface area contributed by atoms with Crippen molar-refractivity contribution in [3.05, 3.63) is 66.9 Å². The summed E-state index contributed by atoms with van der Waals surface area (Å²) in [7, 11) is 0. The number of hydrogen-bond acceptors (Lipinski definition) is 5. The highest BCUT2D eigenvalue weighted by atomic mass is 32.1. The van der Waals surface area contributed by atoms with Crippen molar-refractivity contribution >= 4 is 11.3 Å². The summed E-state index contributed by atoms with van der Waals surface area (Å²) in [4.78, 5) is 14.6. The van der Waals surface area contributed by atoms with E-state index in [1.807, 2.05) is 55.7 Å². The maximum atomic E-state index is 4.71. The zero-order valence-corrected chi connectivity index (χ0v) is 13.2. The zero-order valence-electron chi connectivity index (χ0n) is 12.4. The van der Waals surface area contributed by atoms with Gasteiger partial charge in [0.2, 0.25) is 0 Å². The summed E-state index contributed by atoms with van der Waals surface area (Å²) in [5, 5.41) is 5.19. The molecule has 0 bridgehead atoms. The number of aromatic nitrogens is 5. The van der Waals surface area contributed by atoms with Gasteiger partial charge in [0.05, 0.1) is 16.3 Å². The minimum atomic E-state index is 0.795. The fraction of sp³-hybridized carbons (Fsp3) is 0.0588. The standard InChI is InChI=1S/C17H13N5S/c1-12-16(23-17(20-12)13-5-3-8-18-11-13)14-6-2-7-15(21-14)22-10-4-9-19-22/h2-11H,1H3. The van der Waals surface area contributed by atoms with Crippen LogP contribution in [0.15, 0.2) is 61.2 Å². The number of hydrogen-bond donors (Lipinski definition) is 0. The molecule has 6 heteroatoms. The van der Waals surface area contributed by atoms with Crippen LogP contribution in [0.25, 0.3) is 27.0 Å². The molecular weight excluding hydrogens is 306 g/mol. The van der Waals surface area contributed by atoms with Crippen LogP contribution in [0.3, 0.4) is 0 Å². The Balaban J connectivity index is 1.77. The van der Waals surface area contributed by atoms with Gasteiger partial charge >= 0.3 is 0 Å². The second-order valence-corrected chi connectivity index (χ2v) is 6.01. The van der Waals surface area contributed by atoms with Crippen molar-refractivity contribution in [3.63, 3.8) is 0 Å². The van der Waals surface area contributed by atoms with Crippen molar-refractivity contribution < 1.29 is 0 Å². The van der Waals surface area contributed by atoms with Gasteiger partial charge in [-0.15, -0.1) is 11.3 Å². The first kappa shape index (κ1) is 13.8. The second-order valence-electron chi connectivity index (χ2n) is 5.01. The Morgan fingerprint density at radius 2 is 1.96 bits per heavy atom. The van der Waals surface area contributed by atoms with E-state index in [0.717, 1.165) is 32.7 Å². The van der Waals surface area contributed by atoms with Crippen LogP contribution in [0, 0.1) is 6.92 Å². The van der Waals surface area contributed by atoms with E-state index in [1.54, 1.807) is 28.4 Å². The van der Waals surface area contributed by atoms with E-state index in [2.05, 4.69) is 15.1 Å². The van der Waals surface area contributed by atoms with E-state index >= 15 is 0 Å². The maximum absolute atomic E-state index is 4.71. The smallest absolute Gasteiger partial charge is 0.154 e. The summed E-state index contributed by atoms with van der Waals surface area (Å²) in [6.07, 6.45) is 7.22. The third-order valence-electron chi connectivity index (χ3n) is 3.41. The predicted molar refractivity (Wildman–Crippen MR) is 90.4 cm³/mol. The molecule has 4 aromatic rings. The van der Waals surface area contributed by atoms with Gasteiger partial charge < -0.3 is 0 Å². The zero-order chi connectivity index (χ0) is 15.6. The molecule has 5 nitrogen and oxygen atoms in total. The number of thiazole rings is 1. The first-order valence-electron chi connectivity index (χ1n) is 7.16. The van der Waals surface area contributed by atoms with Gasteiger partial charge in [0.25, 0.3) is 0 Å². The summed E-state index contributed by atoms with van der Waals surface area (Å²) in [6, 6.07) is 11.7. The molecule has 0 atom stereocenters. The largest absolute Gasteiger partial charge is 0.264 e. The van der Waals surface area contributed by atoms with Crippen LogP contribution in [0.2, 0.25) is 0 Å². The quantitative estimate of drug-likeness (QED) is 0.577. The summed E-state index contributed by atoms with van der Waals surface area (Å²) in [5.41, 5.74) is 2.90. The molecule has 4 heterocycles. The van der Waals surface area contributed by atoms with Gasteiger partial charge in [-0.1, -0.05) is 6.07 Å². The SMILES string of the molecule is Cc1nc(-c2cccnc2)sc1-c1cccc(-n2cccn2)n1. The molecule has 0 fully saturated rings. The minimum absolute atomic E-state index is 0.795. The lowest BCUT2D eigenvalue weighted by atomic mass is 10.2. The van der Waals surface area contributed by atoms with Crippen LogP contribution in [0.5, 0.6) is 0 Å². The van der Waals surface area contributed by atoms with Gasteiger partial charge in [-0.3, -0.25) is 4.98 Å². The van der Waals surface area contributed by atoms with Crippen molar-refractivity contribution in [1.82, 2.24) is 24.7 Å². The number of pyridine rings is 2. The van der Waals surface area contributed by atoms with Crippen LogP contribution < -0.4 is 0 Å². The lowest BCUT2D eigenvalue weighted by Crippen LogP contribution is -1.98. The van der Waals surface area contributed by atoms with Crippen molar-refractivity contribution in [2.75, 3.05) is 0 Å². The third-order valence-corrected chi connectivity index (χ3v) is 4.64. The Morgan fingerprint density at radius 1 is 1.00 bits per heavy atom. The fourth-order valence-corrected chi connectivity index (χ4v) is 3.35. The van der Waals surface area contributed by atoms with Crippen LogP contribution in [0.4, 0.5) is 0 Å². The molecule has 0 spiro atoms. The van der Waals surface area contributed by atoms with Crippen molar-refractivity contribution in [1.29, 1.82) is 0 Å². The summed E-state index contributed by atoms with van der Waals surface area (Å²) in [6.45, 7) is 2.01. The lowest BCUT2D eigenvalue weighted by Gasteiger charge is -2.03. The molecule has 112 valence electrons. The Kier molecular flexibility index (Phi) is 3.44. The molecule has 0 aliphatic carbocycles. The van der Waals surface area contributed by atoms with E-state index in [0.29, 0.717) is 0 Å². The molecule has 0 saturated heterocycles. The summed E-state index contributed by atoms with van der Waals surface area (Å²) in [5.74, 6) is 0.795. The normalized spacial score (nSPS) is 10.8. The highest BCUT2D eigenvalue weighted by Gasteiger charge is 2.13. The first-order valence-corrected chi connectivity index (χ1v) is 7.98. The second kappa shape index (κ2) is 5.73. The van der Waals surface area contributed by atoms with Crippen molar-refractivity contribution in [3.8, 4) is 27.0 Å². The van der Waals surface area contributed by atoms with Gasteiger partial charge in [0.1, 0.15) is 5.01 Å². The van der Waals surface area contributed by atoms with Gasteiger partial charge in [0, 0.05) is 30.4 Å². The highest BCUT2D eigenvalue weighted by Crippen LogP contribution is 2.34. The van der Waals surface area contributed by atoms with Gasteiger partial charge in [-0.2, -0.15) is 5.10 Å². The molecule has 0 aromatic carbocycles. The van der Waals surface area contributed by atoms with E-state index in [-0.39, 0.29) is 0 Å². The van der Waals surface area contributed by atoms with Crippen LogP contribution in [-0.2, 0) is 0 Å². The molecule has 0 N–H and O–H groups in total. The Labute approximate surface area is 137 Å². The average molecular weight is 319 g/mol. The predicted octanol–water partition coefficient (Wildman–Crippen LogP) is 3.76. The Morgan fingerprint density at radius 3 is 2.74 bits per heavy atom. The highest BCUT2D eigenvalue weighted by molar-refractivity contribution is 7.18. The maximum Gasteiger partial charge on any atom is 0.154 e. The first-order chi connectivity index (χ1) is 11.3. The van der Waals surface area contributed by atoms with Crippen LogP contribution >= 0.6 is 11.3 Å². The number of rotatable bonds is 3. The molecule has 0 aliphatic rings. The Bertz CT molecular complexity index is 929. The molecule has 4 aromatic heterocycles. The van der Waals surface area contributed by atoms with E-state index in [4.69, 9.17) is 4.98 Å². The van der Waals surface area contributed by atoms with Gasteiger partial charge in [-0.05, 0) is 37.3 Å². The molecule has 0 saturated carbocycles. The summed E-state index contributed by atoms with van der Waals surface area (Å²) < 4.78 is 1.75. The van der Waals surface area contributed by atoms with Crippen molar-refractivity contribution in [2.24, 2.45) is 0 Å². The van der Waals surface area contributed by atoms with Crippen molar-refractivity contribution in [2.45, 2.75) is 6.92 Å². The molecule has 0 aliphatic heterocycles. The lowest BCUT2D eigenvalue weighted by molar-refractivity contribution is 0.848.